The van der Waals surface area contributed by atoms with Gasteiger partial charge in [0.15, 0.2) is 0 Å². The molecule has 2 aromatic carbocycles. The van der Waals surface area contributed by atoms with Gasteiger partial charge in [-0.25, -0.2) is 0 Å². The van der Waals surface area contributed by atoms with Crippen molar-refractivity contribution in [2.75, 3.05) is 6.54 Å². The van der Waals surface area contributed by atoms with E-state index in [-0.39, 0.29) is 32.2 Å². The van der Waals surface area contributed by atoms with Gasteiger partial charge < -0.3 is 5.11 Å². The molecule has 1 aliphatic rings. The smallest absolute Gasteiger partial charge is 0.416 e. The number of piperidine rings is 1. The van der Waals surface area contributed by atoms with Gasteiger partial charge in [-0.15, -0.1) is 0 Å². The Morgan fingerprint density at radius 1 is 0.900 bits per heavy atom. The number of hydrogen-bond donors (Lipinski definition) is 1. The van der Waals surface area contributed by atoms with Crippen molar-refractivity contribution in [3.05, 3.63) is 70.3 Å². The maximum atomic E-state index is 14.1. The van der Waals surface area contributed by atoms with E-state index in [2.05, 4.69) is 0 Å². The third-order valence-electron chi connectivity index (χ3n) is 7.64. The highest BCUT2D eigenvalue weighted by Gasteiger charge is 2.43. The second-order valence-electron chi connectivity index (χ2n) is 10.1. The fourth-order valence-electron chi connectivity index (χ4n) is 5.73. The van der Waals surface area contributed by atoms with Crippen molar-refractivity contribution in [1.29, 1.82) is 0 Å². The molecule has 4 atom stereocenters. The summed E-state index contributed by atoms with van der Waals surface area (Å²) in [6, 6.07) is 3.41. The van der Waals surface area contributed by atoms with E-state index in [1.54, 1.807) is 18.7 Å². The maximum absolute atomic E-state index is 14.1. The van der Waals surface area contributed by atoms with Crippen LogP contribution in [0.15, 0.2) is 42.5 Å². The zero-order valence-electron chi connectivity index (χ0n) is 21.8. The highest BCUT2D eigenvalue weighted by Crippen LogP contribution is 2.47. The first-order valence-corrected chi connectivity index (χ1v) is 12.9. The predicted octanol–water partition coefficient (Wildman–Crippen LogP) is 9.15. The normalized spacial score (nSPS) is 20.8. The first-order chi connectivity index (χ1) is 18.5. The molecule has 0 aromatic heterocycles. The zero-order valence-corrected chi connectivity index (χ0v) is 21.8. The minimum Gasteiger partial charge on any atom is -0.481 e. The van der Waals surface area contributed by atoms with Gasteiger partial charge in [0.1, 0.15) is 0 Å². The van der Waals surface area contributed by atoms with E-state index < -0.39 is 70.7 Å². The van der Waals surface area contributed by atoms with Crippen molar-refractivity contribution in [3.8, 4) is 0 Å². The van der Waals surface area contributed by atoms with Crippen LogP contribution in [0.25, 0.3) is 0 Å². The number of carboxylic acid groups (broad SMARTS) is 1. The van der Waals surface area contributed by atoms with Crippen molar-refractivity contribution in [3.63, 3.8) is 0 Å². The molecule has 40 heavy (non-hydrogen) atoms. The van der Waals surface area contributed by atoms with E-state index in [0.29, 0.717) is 30.2 Å². The Bertz CT molecular complexity index is 1160. The minimum absolute atomic E-state index is 0.0440. The van der Waals surface area contributed by atoms with Crippen LogP contribution in [-0.2, 0) is 23.3 Å². The van der Waals surface area contributed by atoms with E-state index in [0.717, 1.165) is 12.1 Å². The number of aliphatic carboxylic acids is 1. The van der Waals surface area contributed by atoms with Crippen LogP contribution in [0.1, 0.15) is 85.9 Å². The number of likely N-dealkylation sites (tertiary alicyclic amines) is 1. The van der Waals surface area contributed by atoms with Gasteiger partial charge in [-0.05, 0) is 79.6 Å². The second-order valence-corrected chi connectivity index (χ2v) is 10.1. The van der Waals surface area contributed by atoms with Crippen molar-refractivity contribution in [2.45, 2.75) is 76.6 Å². The first-order valence-electron chi connectivity index (χ1n) is 12.9. The molecule has 0 bridgehead atoms. The molecule has 3 nitrogen and oxygen atoms in total. The van der Waals surface area contributed by atoms with Gasteiger partial charge in [0.05, 0.1) is 22.6 Å². The summed E-state index contributed by atoms with van der Waals surface area (Å²) in [5, 5.41) is 9.71. The molecule has 12 heteroatoms. The van der Waals surface area contributed by atoms with Crippen LogP contribution in [0.5, 0.6) is 0 Å². The van der Waals surface area contributed by atoms with E-state index >= 15 is 0 Å². The average molecular weight is 584 g/mol. The molecule has 1 N–H and O–H groups in total. The van der Waals surface area contributed by atoms with Crippen LogP contribution in [0.3, 0.4) is 0 Å². The minimum atomic E-state index is -4.95. The Morgan fingerprint density at radius 2 is 1.48 bits per heavy atom. The monoisotopic (exact) mass is 583 g/mol. The lowest BCUT2D eigenvalue weighted by Crippen LogP contribution is -2.42. The molecule has 1 saturated heterocycles. The summed E-state index contributed by atoms with van der Waals surface area (Å²) in [5.74, 6) is -2.28. The fraction of sp³-hybridized carbons (Fsp3) is 0.536. The molecular weight excluding hydrogens is 553 g/mol. The molecule has 0 aliphatic carbocycles. The summed E-state index contributed by atoms with van der Waals surface area (Å²) in [6.07, 6.45) is -13.5. The Kier molecular flexibility index (Phi) is 9.53. The van der Waals surface area contributed by atoms with Gasteiger partial charge >= 0.3 is 24.5 Å². The quantitative estimate of drug-likeness (QED) is 0.315. The predicted molar refractivity (Wildman–Crippen MR) is 129 cm³/mol. The molecule has 0 amide bonds. The molecule has 1 aliphatic heterocycles. The van der Waals surface area contributed by atoms with Gasteiger partial charge in [-0.3, -0.25) is 9.69 Å². The third-order valence-corrected chi connectivity index (χ3v) is 7.64. The summed E-state index contributed by atoms with van der Waals surface area (Å²) in [6.45, 7) is 3.40. The molecule has 1 unspecified atom stereocenters. The fourth-order valence-corrected chi connectivity index (χ4v) is 5.73. The summed E-state index contributed by atoms with van der Waals surface area (Å²) in [7, 11) is 0. The summed E-state index contributed by atoms with van der Waals surface area (Å²) in [4.78, 5) is 13.5. The van der Waals surface area contributed by atoms with Gasteiger partial charge in [0, 0.05) is 12.1 Å². The standard InChI is InChI=1S/C28H30F9NO2/c1-3-5-23(21-15-19(27(32,33)34)10-11-22(21)28(35,36)37)38-13-12-17(20(4-2)25(39)40)14-24(38)16-6-8-18(9-7-16)26(29,30)31/h6-11,15,17,20,23-24H,3-5,12-14H2,1-2H3,(H,39,40)/t17-,20?,23-,24+/m1/s1. The molecule has 0 spiro atoms. The van der Waals surface area contributed by atoms with E-state index in [1.807, 2.05) is 0 Å². The molecular formula is C28H30F9NO2. The third kappa shape index (κ3) is 7.11. The van der Waals surface area contributed by atoms with Crippen LogP contribution < -0.4 is 0 Å². The number of rotatable bonds is 8. The SMILES string of the molecule is CCC[C@H](c1cc(C(F)(F)F)ccc1C(F)(F)F)N1CC[C@@H](C(CC)C(=O)O)C[C@H]1c1ccc(C(F)(F)F)cc1. The summed E-state index contributed by atoms with van der Waals surface area (Å²) in [5.41, 5.74) is -3.64. The van der Waals surface area contributed by atoms with Crippen molar-refractivity contribution >= 4 is 5.97 Å². The molecule has 3 rings (SSSR count). The molecule has 1 heterocycles. The number of hydrogen-bond acceptors (Lipinski definition) is 2. The van der Waals surface area contributed by atoms with E-state index in [1.165, 1.54) is 12.1 Å². The van der Waals surface area contributed by atoms with E-state index in [9.17, 15) is 49.4 Å². The topological polar surface area (TPSA) is 40.5 Å². The van der Waals surface area contributed by atoms with Gasteiger partial charge in [0.2, 0.25) is 0 Å². The number of benzene rings is 2. The highest BCUT2D eigenvalue weighted by molar-refractivity contribution is 5.70. The summed E-state index contributed by atoms with van der Waals surface area (Å²) >= 11 is 0. The van der Waals surface area contributed by atoms with E-state index in [4.69, 9.17) is 0 Å². The number of nitrogens with zero attached hydrogens (tertiary/aromatic N) is 1. The molecule has 222 valence electrons. The van der Waals surface area contributed by atoms with Crippen molar-refractivity contribution in [1.82, 2.24) is 4.90 Å². The Hall–Kier alpha value is -2.76. The second kappa shape index (κ2) is 12.0. The van der Waals surface area contributed by atoms with Gasteiger partial charge in [-0.2, -0.15) is 39.5 Å². The molecule has 2 aromatic rings. The van der Waals surface area contributed by atoms with Crippen LogP contribution in [0.2, 0.25) is 0 Å². The van der Waals surface area contributed by atoms with Crippen LogP contribution in [0, 0.1) is 11.8 Å². The molecule has 0 radical (unpaired) electrons. The number of carboxylic acids is 1. The lowest BCUT2D eigenvalue weighted by Gasteiger charge is -2.46. The van der Waals surface area contributed by atoms with Crippen molar-refractivity contribution < 1.29 is 49.4 Å². The Labute approximate surface area is 226 Å². The Morgan fingerprint density at radius 3 is 1.95 bits per heavy atom. The zero-order chi connectivity index (χ0) is 30.0. The van der Waals surface area contributed by atoms with Crippen LogP contribution in [0.4, 0.5) is 39.5 Å². The average Bonchev–Trinajstić information content (AvgIpc) is 2.86. The van der Waals surface area contributed by atoms with Gasteiger partial charge in [0.25, 0.3) is 0 Å². The van der Waals surface area contributed by atoms with Crippen LogP contribution in [-0.4, -0.2) is 22.5 Å². The number of carbonyl (C=O) groups is 1. The Balaban J connectivity index is 2.17. The molecule has 1 fully saturated rings. The lowest BCUT2D eigenvalue weighted by molar-refractivity contribution is -0.145. The summed E-state index contributed by atoms with van der Waals surface area (Å²) < 4.78 is 123. The van der Waals surface area contributed by atoms with Gasteiger partial charge in [-0.1, -0.05) is 32.4 Å². The molecule has 0 saturated carbocycles. The number of alkyl halides is 9. The first kappa shape index (κ1) is 31.8. The van der Waals surface area contributed by atoms with Crippen LogP contribution >= 0.6 is 0 Å². The maximum Gasteiger partial charge on any atom is 0.416 e. The number of halogens is 9. The lowest BCUT2D eigenvalue weighted by atomic mass is 9.76. The van der Waals surface area contributed by atoms with Crippen molar-refractivity contribution in [2.24, 2.45) is 11.8 Å². The highest BCUT2D eigenvalue weighted by atomic mass is 19.4. The largest absolute Gasteiger partial charge is 0.481 e.